The normalized spacial score (nSPS) is 12.3. The van der Waals surface area contributed by atoms with Crippen molar-refractivity contribution in [1.29, 1.82) is 0 Å². The van der Waals surface area contributed by atoms with Gasteiger partial charge in [-0.05, 0) is 12.1 Å². The molecule has 0 atom stereocenters. The van der Waals surface area contributed by atoms with E-state index in [9.17, 15) is 91.1 Å². The van der Waals surface area contributed by atoms with Crippen molar-refractivity contribution < 1.29 is 104 Å². The molecule has 0 aliphatic carbocycles. The molecule has 0 amide bonds. The SMILES string of the molecule is O=S(=O)(Oc1cccc(OS(=O)(=O)c2c(F)c(F)c(F)c(F)c2F)c1OS(=O)(=O)c1c(F)c(F)c(F)c(F)c1F)c1c(F)c(F)c(F)c(F)c1F. The summed E-state index contributed by atoms with van der Waals surface area (Å²) in [6.07, 6.45) is 0. The van der Waals surface area contributed by atoms with Crippen LogP contribution in [0.15, 0.2) is 32.9 Å². The maximum absolute atomic E-state index is 14.4. The summed E-state index contributed by atoms with van der Waals surface area (Å²) in [5, 5.41) is 0. The third-order valence-electron chi connectivity index (χ3n) is 5.79. The van der Waals surface area contributed by atoms with Gasteiger partial charge in [0.25, 0.3) is 0 Å². The molecular weight excluding hydrogens is 813 g/mol. The van der Waals surface area contributed by atoms with E-state index < -0.39 is 150 Å². The van der Waals surface area contributed by atoms with Crippen molar-refractivity contribution in [2.24, 2.45) is 0 Å². The molecule has 0 spiro atoms. The second-order valence-electron chi connectivity index (χ2n) is 8.89. The first-order chi connectivity index (χ1) is 23.3. The molecule has 276 valence electrons. The number of benzene rings is 4. The Hall–Kier alpha value is -4.92. The van der Waals surface area contributed by atoms with Crippen LogP contribution in [0, 0.1) is 87.3 Å². The molecule has 4 aromatic carbocycles. The van der Waals surface area contributed by atoms with Gasteiger partial charge in [-0.25, -0.2) is 65.9 Å². The van der Waals surface area contributed by atoms with E-state index in [1.54, 1.807) is 0 Å². The van der Waals surface area contributed by atoms with E-state index in [0.717, 1.165) is 0 Å². The predicted molar refractivity (Wildman–Crippen MR) is 129 cm³/mol. The van der Waals surface area contributed by atoms with E-state index in [4.69, 9.17) is 0 Å². The molecule has 0 unspecified atom stereocenters. The minimum Gasteiger partial charge on any atom is -0.375 e. The lowest BCUT2D eigenvalue weighted by Crippen LogP contribution is -2.21. The van der Waals surface area contributed by atoms with Crippen molar-refractivity contribution in [2.75, 3.05) is 0 Å². The van der Waals surface area contributed by atoms with Gasteiger partial charge in [0.05, 0.1) is 0 Å². The quantitative estimate of drug-likeness (QED) is 0.0855. The standard InChI is InChI=1S/C24H3F15O9S3/c25-6-9(28)15(34)22(16(35)10(6)29)49(40,41)46-4-2-1-3-5(47-50(42,43)23-17(36)11(30)7(26)12(31)18(23)37)21(4)48-51(44,45)24-19(38)13(32)8(27)14(33)20(24)39/h1-3H. The van der Waals surface area contributed by atoms with Gasteiger partial charge in [0.15, 0.2) is 96.0 Å². The molecule has 27 heteroatoms. The molecule has 0 heterocycles. The van der Waals surface area contributed by atoms with Crippen LogP contribution in [0.3, 0.4) is 0 Å². The van der Waals surface area contributed by atoms with Gasteiger partial charge in [0.2, 0.25) is 23.2 Å². The Kier molecular flexibility index (Phi) is 9.91. The lowest BCUT2D eigenvalue weighted by atomic mass is 10.3. The maximum Gasteiger partial charge on any atom is 0.345 e. The number of hydrogen-bond donors (Lipinski definition) is 0. The third kappa shape index (κ3) is 6.43. The molecule has 4 rings (SSSR count). The Labute approximate surface area is 271 Å². The summed E-state index contributed by atoms with van der Waals surface area (Å²) in [7, 11) is -20.0. The fourth-order valence-electron chi connectivity index (χ4n) is 3.59. The Bertz CT molecular complexity index is 2300. The fraction of sp³-hybridized carbons (Fsp3) is 0. The Morgan fingerprint density at radius 2 is 0.510 bits per heavy atom. The topological polar surface area (TPSA) is 130 Å². The van der Waals surface area contributed by atoms with Gasteiger partial charge in [-0.1, -0.05) is 6.07 Å². The van der Waals surface area contributed by atoms with E-state index in [-0.39, 0.29) is 18.2 Å². The van der Waals surface area contributed by atoms with Gasteiger partial charge in [0, 0.05) is 0 Å². The smallest absolute Gasteiger partial charge is 0.345 e. The molecule has 0 aliphatic heterocycles. The molecule has 0 aromatic heterocycles. The number of rotatable bonds is 9. The van der Waals surface area contributed by atoms with Gasteiger partial charge >= 0.3 is 30.4 Å². The minimum atomic E-state index is -6.77. The summed E-state index contributed by atoms with van der Waals surface area (Å²) in [6.45, 7) is 0. The van der Waals surface area contributed by atoms with E-state index in [1.807, 2.05) is 0 Å². The average molecular weight is 816 g/mol. The number of hydrogen-bond acceptors (Lipinski definition) is 9. The summed E-state index contributed by atoms with van der Waals surface area (Å²) in [6, 6.07) is 0.153. The van der Waals surface area contributed by atoms with E-state index >= 15 is 0 Å². The molecule has 9 nitrogen and oxygen atoms in total. The molecule has 0 saturated heterocycles. The van der Waals surface area contributed by atoms with E-state index in [0.29, 0.717) is 0 Å². The van der Waals surface area contributed by atoms with Crippen LogP contribution >= 0.6 is 0 Å². The van der Waals surface area contributed by atoms with Crippen LogP contribution in [0.4, 0.5) is 65.9 Å². The van der Waals surface area contributed by atoms with E-state index in [2.05, 4.69) is 12.5 Å². The highest BCUT2D eigenvalue weighted by Gasteiger charge is 2.41. The molecule has 0 bridgehead atoms. The van der Waals surface area contributed by atoms with Crippen molar-refractivity contribution in [3.05, 3.63) is 105 Å². The summed E-state index contributed by atoms with van der Waals surface area (Å²) in [4.78, 5) is -8.73. The Morgan fingerprint density at radius 1 is 0.314 bits per heavy atom. The van der Waals surface area contributed by atoms with Crippen LogP contribution in [-0.4, -0.2) is 25.3 Å². The van der Waals surface area contributed by atoms with Gasteiger partial charge in [-0.3, -0.25) is 0 Å². The Morgan fingerprint density at radius 3 is 0.745 bits per heavy atom. The van der Waals surface area contributed by atoms with Crippen molar-refractivity contribution in [3.8, 4) is 17.2 Å². The zero-order chi connectivity index (χ0) is 38.9. The van der Waals surface area contributed by atoms with Crippen LogP contribution in [0.25, 0.3) is 0 Å². The summed E-state index contributed by atoms with van der Waals surface area (Å²) >= 11 is 0. The molecule has 0 radical (unpaired) electrons. The summed E-state index contributed by atoms with van der Waals surface area (Å²) < 4.78 is 297. The highest BCUT2D eigenvalue weighted by molar-refractivity contribution is 7.87. The molecule has 0 fully saturated rings. The van der Waals surface area contributed by atoms with Crippen molar-refractivity contribution in [3.63, 3.8) is 0 Å². The number of halogens is 15. The van der Waals surface area contributed by atoms with E-state index in [1.165, 1.54) is 0 Å². The highest BCUT2D eigenvalue weighted by Crippen LogP contribution is 2.43. The zero-order valence-corrected chi connectivity index (χ0v) is 25.2. The van der Waals surface area contributed by atoms with Crippen LogP contribution in [0.5, 0.6) is 17.2 Å². The molecule has 0 saturated carbocycles. The van der Waals surface area contributed by atoms with Gasteiger partial charge in [0.1, 0.15) is 0 Å². The average Bonchev–Trinajstić information content (AvgIpc) is 3.03. The number of para-hydroxylation sites is 1. The van der Waals surface area contributed by atoms with Crippen LogP contribution in [-0.2, 0) is 30.4 Å². The monoisotopic (exact) mass is 816 g/mol. The first-order valence-corrected chi connectivity index (χ1v) is 16.0. The largest absolute Gasteiger partial charge is 0.375 e. The Balaban J connectivity index is 2.02. The van der Waals surface area contributed by atoms with Crippen molar-refractivity contribution >= 4 is 30.4 Å². The molecule has 51 heavy (non-hydrogen) atoms. The summed E-state index contributed by atoms with van der Waals surface area (Å²) in [5.41, 5.74) is 0. The van der Waals surface area contributed by atoms with Crippen LogP contribution in [0.2, 0.25) is 0 Å². The molecule has 0 N–H and O–H groups in total. The lowest BCUT2D eigenvalue weighted by Gasteiger charge is -2.17. The van der Waals surface area contributed by atoms with Crippen LogP contribution < -0.4 is 12.5 Å². The molecular formula is C24H3F15O9S3. The second kappa shape index (κ2) is 13.0. The van der Waals surface area contributed by atoms with Gasteiger partial charge in [-0.15, -0.1) is 0 Å². The zero-order valence-electron chi connectivity index (χ0n) is 22.8. The van der Waals surface area contributed by atoms with Gasteiger partial charge in [-0.2, -0.15) is 25.3 Å². The first kappa shape index (κ1) is 38.9. The highest BCUT2D eigenvalue weighted by atomic mass is 32.2. The minimum absolute atomic E-state index is 0.0229. The van der Waals surface area contributed by atoms with Crippen molar-refractivity contribution in [1.82, 2.24) is 0 Å². The molecule has 4 aromatic rings. The first-order valence-electron chi connectivity index (χ1n) is 11.8. The lowest BCUT2D eigenvalue weighted by molar-refractivity contribution is 0.347. The van der Waals surface area contributed by atoms with Gasteiger partial charge < -0.3 is 12.5 Å². The van der Waals surface area contributed by atoms with Crippen LogP contribution in [0.1, 0.15) is 0 Å². The summed E-state index contributed by atoms with van der Waals surface area (Å²) in [5.74, 6) is -52.6. The predicted octanol–water partition coefficient (Wildman–Crippen LogP) is 6.08. The fourth-order valence-corrected chi connectivity index (χ4v) is 6.82. The van der Waals surface area contributed by atoms with Crippen molar-refractivity contribution in [2.45, 2.75) is 14.7 Å². The third-order valence-corrected chi connectivity index (χ3v) is 9.55. The maximum atomic E-state index is 14.4. The second-order valence-corrected chi connectivity index (χ2v) is 13.3. The molecule has 0 aliphatic rings.